The molecule has 1 aliphatic rings. The van der Waals surface area contributed by atoms with Crippen molar-refractivity contribution in [2.24, 2.45) is 5.73 Å². The minimum absolute atomic E-state index is 0.105. The van der Waals surface area contributed by atoms with Crippen LogP contribution in [-0.4, -0.2) is 5.11 Å². The number of phenolic OH excluding ortho intramolecular Hbond substituents is 1. The molecular formula is C17H18ClNO2. The first-order valence-corrected chi connectivity index (χ1v) is 7.35. The van der Waals surface area contributed by atoms with Gasteiger partial charge in [-0.05, 0) is 60.9 Å². The molecule has 3 nitrogen and oxygen atoms in total. The normalized spacial score (nSPS) is 20.8. The monoisotopic (exact) mass is 303 g/mol. The van der Waals surface area contributed by atoms with Gasteiger partial charge in [-0.2, -0.15) is 0 Å². The van der Waals surface area contributed by atoms with E-state index in [0.29, 0.717) is 17.2 Å². The van der Waals surface area contributed by atoms with E-state index in [1.54, 1.807) is 0 Å². The molecule has 1 heterocycles. The van der Waals surface area contributed by atoms with Crippen LogP contribution in [0.4, 0.5) is 0 Å². The molecular weight excluding hydrogens is 286 g/mol. The van der Waals surface area contributed by atoms with Gasteiger partial charge in [0.2, 0.25) is 0 Å². The molecule has 1 aliphatic heterocycles. The van der Waals surface area contributed by atoms with Gasteiger partial charge in [-0.25, -0.2) is 0 Å². The number of hydrogen-bond donors (Lipinski definition) is 2. The number of rotatable bonds is 1. The molecule has 0 spiro atoms. The van der Waals surface area contributed by atoms with E-state index < -0.39 is 0 Å². The molecule has 4 heteroatoms. The van der Waals surface area contributed by atoms with Gasteiger partial charge >= 0.3 is 0 Å². The minimum Gasteiger partial charge on any atom is -0.507 e. The lowest BCUT2D eigenvalue weighted by atomic mass is 9.92. The Hall–Kier alpha value is -1.71. The number of ether oxygens (including phenoxy) is 1. The van der Waals surface area contributed by atoms with Crippen molar-refractivity contribution in [3.05, 3.63) is 57.6 Å². The van der Waals surface area contributed by atoms with Crippen LogP contribution >= 0.6 is 11.6 Å². The number of aromatic hydroxyl groups is 1. The van der Waals surface area contributed by atoms with E-state index >= 15 is 0 Å². The molecule has 0 amide bonds. The first-order valence-electron chi connectivity index (χ1n) is 6.97. The summed E-state index contributed by atoms with van der Waals surface area (Å²) in [6.45, 7) is 3.78. The highest BCUT2D eigenvalue weighted by Crippen LogP contribution is 2.41. The number of fused-ring (bicyclic) bond motifs is 1. The third kappa shape index (κ3) is 2.59. The van der Waals surface area contributed by atoms with E-state index in [0.717, 1.165) is 28.0 Å². The maximum atomic E-state index is 9.89. The van der Waals surface area contributed by atoms with Crippen LogP contribution in [0, 0.1) is 13.8 Å². The largest absolute Gasteiger partial charge is 0.507 e. The van der Waals surface area contributed by atoms with E-state index in [1.807, 2.05) is 44.2 Å². The van der Waals surface area contributed by atoms with Gasteiger partial charge in [0, 0.05) is 23.0 Å². The second-order valence-electron chi connectivity index (χ2n) is 5.63. The topological polar surface area (TPSA) is 55.5 Å². The Morgan fingerprint density at radius 2 is 1.86 bits per heavy atom. The van der Waals surface area contributed by atoms with Crippen LogP contribution in [-0.2, 0) is 0 Å². The zero-order chi connectivity index (χ0) is 15.1. The second-order valence-corrected chi connectivity index (χ2v) is 6.07. The van der Waals surface area contributed by atoms with E-state index in [-0.39, 0.29) is 12.1 Å². The van der Waals surface area contributed by atoms with Gasteiger partial charge in [0.05, 0.1) is 0 Å². The van der Waals surface area contributed by atoms with Crippen LogP contribution in [0.15, 0.2) is 30.3 Å². The van der Waals surface area contributed by atoms with Gasteiger partial charge in [-0.15, -0.1) is 0 Å². The molecule has 0 fully saturated rings. The fraction of sp³-hybridized carbons (Fsp3) is 0.294. The van der Waals surface area contributed by atoms with Crippen molar-refractivity contribution in [2.75, 3.05) is 0 Å². The molecule has 0 radical (unpaired) electrons. The lowest BCUT2D eigenvalue weighted by Gasteiger charge is -2.31. The Labute approximate surface area is 129 Å². The molecule has 2 aromatic rings. The van der Waals surface area contributed by atoms with Crippen LogP contribution in [0.1, 0.15) is 40.8 Å². The number of aryl methyl sites for hydroxylation is 2. The average molecular weight is 304 g/mol. The lowest BCUT2D eigenvalue weighted by molar-refractivity contribution is 0.161. The Morgan fingerprint density at radius 1 is 1.19 bits per heavy atom. The lowest BCUT2D eigenvalue weighted by Crippen LogP contribution is -2.24. The summed E-state index contributed by atoms with van der Waals surface area (Å²) in [6.07, 6.45) is 0.587. The fourth-order valence-electron chi connectivity index (χ4n) is 2.85. The molecule has 110 valence electrons. The Morgan fingerprint density at radius 3 is 2.52 bits per heavy atom. The molecule has 2 atom stereocenters. The molecule has 21 heavy (non-hydrogen) atoms. The SMILES string of the molecule is Cc1cc(C2C[C@@H](N)c3cc(Cl)ccc3O2)cc(C)c1O. The van der Waals surface area contributed by atoms with Gasteiger partial charge in [0.1, 0.15) is 17.6 Å². The standard InChI is InChI=1S/C17H18ClNO2/c1-9-5-11(6-10(2)17(9)20)16-8-14(19)13-7-12(18)3-4-15(13)21-16/h3-7,14,16,20H,8,19H2,1-2H3/t14-,16?/m1/s1. The smallest absolute Gasteiger partial charge is 0.126 e. The number of hydrogen-bond acceptors (Lipinski definition) is 3. The molecule has 3 N–H and O–H groups in total. The van der Waals surface area contributed by atoms with Crippen LogP contribution in [0.3, 0.4) is 0 Å². The van der Waals surface area contributed by atoms with Crippen molar-refractivity contribution in [3.63, 3.8) is 0 Å². The van der Waals surface area contributed by atoms with E-state index in [4.69, 9.17) is 22.1 Å². The Kier molecular flexibility index (Phi) is 3.56. The zero-order valence-electron chi connectivity index (χ0n) is 12.1. The summed E-state index contributed by atoms with van der Waals surface area (Å²) in [5, 5.41) is 10.6. The Balaban J connectivity index is 1.98. The summed E-state index contributed by atoms with van der Waals surface area (Å²) >= 11 is 6.02. The van der Waals surface area contributed by atoms with Crippen molar-refractivity contribution < 1.29 is 9.84 Å². The first-order chi connectivity index (χ1) is 9.95. The average Bonchev–Trinajstić information content (AvgIpc) is 2.44. The van der Waals surface area contributed by atoms with E-state index in [1.165, 1.54) is 0 Å². The summed E-state index contributed by atoms with van der Waals surface area (Å²) in [5.41, 5.74) is 9.95. The fourth-order valence-corrected chi connectivity index (χ4v) is 3.04. The molecule has 0 saturated heterocycles. The van der Waals surface area contributed by atoms with Crippen LogP contribution < -0.4 is 10.5 Å². The molecule has 0 aliphatic carbocycles. The minimum atomic E-state index is -0.105. The quantitative estimate of drug-likeness (QED) is 0.830. The summed E-state index contributed by atoms with van der Waals surface area (Å²) in [5.74, 6) is 1.12. The van der Waals surface area contributed by atoms with E-state index in [9.17, 15) is 5.11 Å². The maximum absolute atomic E-state index is 9.89. The third-order valence-electron chi connectivity index (χ3n) is 3.99. The highest BCUT2D eigenvalue weighted by atomic mass is 35.5. The van der Waals surface area contributed by atoms with Crippen LogP contribution in [0.5, 0.6) is 11.5 Å². The predicted molar refractivity (Wildman–Crippen MR) is 83.9 cm³/mol. The summed E-state index contributed by atoms with van der Waals surface area (Å²) in [4.78, 5) is 0. The predicted octanol–water partition coefficient (Wildman–Crippen LogP) is 4.19. The van der Waals surface area contributed by atoms with Crippen molar-refractivity contribution in [1.82, 2.24) is 0 Å². The van der Waals surface area contributed by atoms with Crippen molar-refractivity contribution in [2.45, 2.75) is 32.4 Å². The summed E-state index contributed by atoms with van der Waals surface area (Å²) in [6, 6.07) is 9.35. The van der Waals surface area contributed by atoms with Gasteiger partial charge in [-0.3, -0.25) is 0 Å². The van der Waals surface area contributed by atoms with Crippen LogP contribution in [0.2, 0.25) is 5.02 Å². The van der Waals surface area contributed by atoms with Crippen molar-refractivity contribution in [3.8, 4) is 11.5 Å². The molecule has 1 unspecified atom stereocenters. The Bertz CT molecular complexity index is 676. The highest BCUT2D eigenvalue weighted by Gasteiger charge is 2.27. The highest BCUT2D eigenvalue weighted by molar-refractivity contribution is 6.30. The van der Waals surface area contributed by atoms with Gasteiger partial charge in [-0.1, -0.05) is 11.6 Å². The molecule has 0 aromatic heterocycles. The zero-order valence-corrected chi connectivity index (χ0v) is 12.8. The second kappa shape index (κ2) is 5.24. The van der Waals surface area contributed by atoms with Gasteiger partial charge in [0.15, 0.2) is 0 Å². The number of halogens is 1. The maximum Gasteiger partial charge on any atom is 0.126 e. The summed E-state index contributed by atoms with van der Waals surface area (Å²) < 4.78 is 6.07. The first kappa shape index (κ1) is 14.2. The molecule has 0 bridgehead atoms. The number of nitrogens with two attached hydrogens (primary N) is 1. The molecule has 2 aromatic carbocycles. The third-order valence-corrected chi connectivity index (χ3v) is 4.23. The van der Waals surface area contributed by atoms with Crippen molar-refractivity contribution in [1.29, 1.82) is 0 Å². The van der Waals surface area contributed by atoms with Crippen LogP contribution in [0.25, 0.3) is 0 Å². The van der Waals surface area contributed by atoms with Gasteiger partial charge in [0.25, 0.3) is 0 Å². The van der Waals surface area contributed by atoms with Crippen molar-refractivity contribution >= 4 is 11.6 Å². The number of benzene rings is 2. The van der Waals surface area contributed by atoms with E-state index in [2.05, 4.69) is 0 Å². The molecule has 0 saturated carbocycles. The summed E-state index contributed by atoms with van der Waals surface area (Å²) in [7, 11) is 0. The molecule has 3 rings (SSSR count). The number of phenols is 1. The van der Waals surface area contributed by atoms with Gasteiger partial charge < -0.3 is 15.6 Å².